The SMILES string of the molecule is COC(=O)C(C)(C)CNC(=O)C1CCCC(N)C1.Cl. The molecule has 0 aromatic rings. The fourth-order valence-electron chi connectivity index (χ4n) is 2.27. The normalized spacial score (nSPS) is 23.2. The molecule has 0 spiro atoms. The Balaban J connectivity index is 0.00000324. The first-order valence-corrected chi connectivity index (χ1v) is 6.48. The molecule has 1 aliphatic rings. The lowest BCUT2D eigenvalue weighted by atomic mass is 9.85. The van der Waals surface area contributed by atoms with Gasteiger partial charge in [-0.3, -0.25) is 9.59 Å². The van der Waals surface area contributed by atoms with Gasteiger partial charge in [0, 0.05) is 18.5 Å². The average Bonchev–Trinajstić information content (AvgIpc) is 2.35. The van der Waals surface area contributed by atoms with Crippen molar-refractivity contribution < 1.29 is 14.3 Å². The van der Waals surface area contributed by atoms with Gasteiger partial charge in [-0.05, 0) is 33.1 Å². The van der Waals surface area contributed by atoms with Gasteiger partial charge < -0.3 is 15.8 Å². The second kappa shape index (κ2) is 7.70. The number of hydrogen-bond acceptors (Lipinski definition) is 4. The van der Waals surface area contributed by atoms with Gasteiger partial charge in [-0.15, -0.1) is 12.4 Å². The Kier molecular flexibility index (Phi) is 7.37. The summed E-state index contributed by atoms with van der Waals surface area (Å²) < 4.78 is 4.70. The molecule has 5 nitrogen and oxygen atoms in total. The monoisotopic (exact) mass is 292 g/mol. The molecule has 112 valence electrons. The van der Waals surface area contributed by atoms with Crippen LogP contribution in [-0.4, -0.2) is 31.6 Å². The first-order chi connectivity index (χ1) is 8.36. The van der Waals surface area contributed by atoms with E-state index in [1.54, 1.807) is 13.8 Å². The molecule has 0 aromatic heterocycles. The molecular formula is C13H25ClN2O3. The number of ether oxygens (including phenoxy) is 1. The Morgan fingerprint density at radius 1 is 1.37 bits per heavy atom. The predicted molar refractivity (Wildman–Crippen MR) is 76.0 cm³/mol. The number of carbonyl (C=O) groups excluding carboxylic acids is 2. The summed E-state index contributed by atoms with van der Waals surface area (Å²) in [6, 6.07) is 0.128. The highest BCUT2D eigenvalue weighted by Gasteiger charge is 2.31. The Morgan fingerprint density at radius 2 is 2.00 bits per heavy atom. The van der Waals surface area contributed by atoms with Gasteiger partial charge in [0.05, 0.1) is 12.5 Å². The van der Waals surface area contributed by atoms with E-state index >= 15 is 0 Å². The number of halogens is 1. The molecule has 1 amide bonds. The largest absolute Gasteiger partial charge is 0.469 e. The third kappa shape index (κ3) is 5.37. The van der Waals surface area contributed by atoms with Gasteiger partial charge in [0.15, 0.2) is 0 Å². The molecule has 2 unspecified atom stereocenters. The van der Waals surface area contributed by atoms with Crippen LogP contribution in [0.15, 0.2) is 0 Å². The predicted octanol–water partition coefficient (Wildman–Crippen LogP) is 1.24. The van der Waals surface area contributed by atoms with Crippen LogP contribution in [0.4, 0.5) is 0 Å². The van der Waals surface area contributed by atoms with E-state index in [4.69, 9.17) is 10.5 Å². The van der Waals surface area contributed by atoms with Crippen LogP contribution in [0.25, 0.3) is 0 Å². The number of carbonyl (C=O) groups is 2. The van der Waals surface area contributed by atoms with E-state index in [2.05, 4.69) is 5.32 Å². The van der Waals surface area contributed by atoms with Crippen LogP contribution < -0.4 is 11.1 Å². The molecule has 0 radical (unpaired) electrons. The average molecular weight is 293 g/mol. The molecule has 19 heavy (non-hydrogen) atoms. The molecule has 0 heterocycles. The topological polar surface area (TPSA) is 81.4 Å². The first-order valence-electron chi connectivity index (χ1n) is 6.48. The molecule has 1 rings (SSSR count). The summed E-state index contributed by atoms with van der Waals surface area (Å²) in [4.78, 5) is 23.5. The highest BCUT2D eigenvalue weighted by molar-refractivity contribution is 5.85. The maximum Gasteiger partial charge on any atom is 0.313 e. The summed E-state index contributed by atoms with van der Waals surface area (Å²) in [6.45, 7) is 3.81. The van der Waals surface area contributed by atoms with Crippen molar-refractivity contribution in [3.05, 3.63) is 0 Å². The van der Waals surface area contributed by atoms with Gasteiger partial charge >= 0.3 is 5.97 Å². The molecule has 0 aliphatic heterocycles. The van der Waals surface area contributed by atoms with E-state index < -0.39 is 5.41 Å². The zero-order valence-electron chi connectivity index (χ0n) is 11.9. The van der Waals surface area contributed by atoms with Crippen molar-refractivity contribution in [1.82, 2.24) is 5.32 Å². The number of nitrogens with two attached hydrogens (primary N) is 1. The Labute approximate surface area is 121 Å². The standard InChI is InChI=1S/C13H24N2O3.ClH/c1-13(2,12(17)18-3)8-15-11(16)9-5-4-6-10(14)7-9;/h9-10H,4-8,14H2,1-3H3,(H,15,16);1H. The minimum atomic E-state index is -0.693. The summed E-state index contributed by atoms with van der Waals surface area (Å²) in [7, 11) is 1.35. The molecule has 0 saturated heterocycles. The van der Waals surface area contributed by atoms with Crippen molar-refractivity contribution in [2.45, 2.75) is 45.6 Å². The minimum absolute atomic E-state index is 0. The van der Waals surface area contributed by atoms with E-state index in [9.17, 15) is 9.59 Å². The number of nitrogens with one attached hydrogen (secondary N) is 1. The molecule has 0 aromatic carbocycles. The number of hydrogen-bond donors (Lipinski definition) is 2. The van der Waals surface area contributed by atoms with E-state index in [1.165, 1.54) is 7.11 Å². The van der Waals surface area contributed by atoms with E-state index in [-0.39, 0.29) is 36.2 Å². The van der Waals surface area contributed by atoms with Gasteiger partial charge in [-0.1, -0.05) is 6.42 Å². The zero-order valence-corrected chi connectivity index (χ0v) is 12.7. The molecular weight excluding hydrogens is 268 g/mol. The summed E-state index contributed by atoms with van der Waals surface area (Å²) >= 11 is 0. The Hall–Kier alpha value is -0.810. The number of rotatable bonds is 4. The van der Waals surface area contributed by atoms with Gasteiger partial charge in [0.1, 0.15) is 0 Å². The van der Waals surface area contributed by atoms with Crippen LogP contribution in [0.2, 0.25) is 0 Å². The zero-order chi connectivity index (χ0) is 13.8. The third-order valence-electron chi connectivity index (χ3n) is 3.53. The molecule has 1 fully saturated rings. The van der Waals surface area contributed by atoms with Crippen LogP contribution >= 0.6 is 12.4 Å². The van der Waals surface area contributed by atoms with Gasteiger partial charge in [0.25, 0.3) is 0 Å². The third-order valence-corrected chi connectivity index (χ3v) is 3.53. The van der Waals surface area contributed by atoms with Crippen LogP contribution in [0.1, 0.15) is 39.5 Å². The fraction of sp³-hybridized carbons (Fsp3) is 0.846. The summed E-state index contributed by atoms with van der Waals surface area (Å²) in [5.74, 6) is -0.326. The van der Waals surface area contributed by atoms with Gasteiger partial charge in [0.2, 0.25) is 5.91 Å². The van der Waals surface area contributed by atoms with Crippen molar-refractivity contribution in [3.8, 4) is 0 Å². The first kappa shape index (κ1) is 18.2. The maximum atomic E-state index is 12.0. The van der Waals surface area contributed by atoms with E-state index in [1.807, 2.05) is 0 Å². The van der Waals surface area contributed by atoms with E-state index in [0.29, 0.717) is 6.54 Å². The van der Waals surface area contributed by atoms with Crippen LogP contribution in [-0.2, 0) is 14.3 Å². The molecule has 3 N–H and O–H groups in total. The number of esters is 1. The van der Waals surface area contributed by atoms with Crippen molar-refractivity contribution in [2.24, 2.45) is 17.1 Å². The van der Waals surface area contributed by atoms with Crippen LogP contribution in [0, 0.1) is 11.3 Å². The van der Waals surface area contributed by atoms with Gasteiger partial charge in [-0.25, -0.2) is 0 Å². The second-order valence-corrected chi connectivity index (χ2v) is 5.72. The summed E-state index contributed by atoms with van der Waals surface area (Å²) in [5.41, 5.74) is 5.17. The maximum absolute atomic E-state index is 12.0. The van der Waals surface area contributed by atoms with E-state index in [0.717, 1.165) is 25.7 Å². The van der Waals surface area contributed by atoms with Crippen molar-refractivity contribution in [1.29, 1.82) is 0 Å². The van der Waals surface area contributed by atoms with Crippen molar-refractivity contribution >= 4 is 24.3 Å². The second-order valence-electron chi connectivity index (χ2n) is 5.72. The quantitative estimate of drug-likeness (QED) is 0.764. The van der Waals surface area contributed by atoms with Crippen LogP contribution in [0.3, 0.4) is 0 Å². The number of methoxy groups -OCH3 is 1. The summed E-state index contributed by atoms with van der Waals surface area (Å²) in [6.07, 6.45) is 3.62. The minimum Gasteiger partial charge on any atom is -0.469 e. The lowest BCUT2D eigenvalue weighted by molar-refractivity contribution is -0.150. The number of amides is 1. The smallest absolute Gasteiger partial charge is 0.313 e. The Morgan fingerprint density at radius 3 is 2.53 bits per heavy atom. The lowest BCUT2D eigenvalue weighted by Crippen LogP contribution is -2.43. The highest BCUT2D eigenvalue weighted by Crippen LogP contribution is 2.23. The van der Waals surface area contributed by atoms with Crippen molar-refractivity contribution in [3.63, 3.8) is 0 Å². The van der Waals surface area contributed by atoms with Crippen LogP contribution in [0.5, 0.6) is 0 Å². The Bertz CT molecular complexity index is 321. The van der Waals surface area contributed by atoms with Crippen molar-refractivity contribution in [2.75, 3.05) is 13.7 Å². The molecule has 6 heteroatoms. The molecule has 2 atom stereocenters. The molecule has 1 aliphatic carbocycles. The highest BCUT2D eigenvalue weighted by atomic mass is 35.5. The summed E-state index contributed by atoms with van der Waals surface area (Å²) in [5, 5.41) is 2.83. The molecule has 1 saturated carbocycles. The lowest BCUT2D eigenvalue weighted by Gasteiger charge is -2.27. The molecule has 0 bridgehead atoms. The van der Waals surface area contributed by atoms with Gasteiger partial charge in [-0.2, -0.15) is 0 Å². The fourth-order valence-corrected chi connectivity index (χ4v) is 2.27.